The first-order valence-electron chi connectivity index (χ1n) is 9.54. The van der Waals surface area contributed by atoms with E-state index in [1.54, 1.807) is 24.3 Å². The molecule has 0 fully saturated rings. The summed E-state index contributed by atoms with van der Waals surface area (Å²) in [4.78, 5) is 23.7. The van der Waals surface area contributed by atoms with Gasteiger partial charge in [0.1, 0.15) is 12.4 Å². The van der Waals surface area contributed by atoms with Crippen LogP contribution in [-0.4, -0.2) is 18.5 Å². The van der Waals surface area contributed by atoms with Crippen molar-refractivity contribution in [2.45, 2.75) is 6.61 Å². The lowest BCUT2D eigenvalue weighted by Crippen LogP contribution is -2.20. The zero-order valence-corrected chi connectivity index (χ0v) is 16.7. The second-order valence-electron chi connectivity index (χ2n) is 6.53. The van der Waals surface area contributed by atoms with Gasteiger partial charge in [0.05, 0.1) is 11.6 Å². The van der Waals surface area contributed by atoms with Gasteiger partial charge in [-0.1, -0.05) is 48.5 Å². The molecule has 31 heavy (non-hydrogen) atoms. The second kappa shape index (κ2) is 11.0. The van der Waals surface area contributed by atoms with Gasteiger partial charge in [-0.05, 0) is 47.5 Å². The summed E-state index contributed by atoms with van der Waals surface area (Å²) in [6.45, 7) is 0.0530. The molecule has 0 aliphatic rings. The number of anilines is 1. The summed E-state index contributed by atoms with van der Waals surface area (Å²) < 4.78 is 10.7. The average Bonchev–Trinajstić information content (AvgIpc) is 2.81. The Morgan fingerprint density at radius 2 is 1.74 bits per heavy atom. The molecule has 0 unspecified atom stereocenters. The van der Waals surface area contributed by atoms with Gasteiger partial charge < -0.3 is 14.8 Å². The van der Waals surface area contributed by atoms with E-state index in [4.69, 9.17) is 14.7 Å². The SMILES string of the molecule is N#Cc1cccc(NC(=O)COC(=O)/C=C/c2ccc(OCc3ccccc3)cc2)c1. The van der Waals surface area contributed by atoms with Crippen molar-refractivity contribution in [1.82, 2.24) is 0 Å². The molecule has 0 spiro atoms. The minimum absolute atomic E-state index is 0.424. The number of esters is 1. The van der Waals surface area contributed by atoms with Gasteiger partial charge in [0.15, 0.2) is 6.61 Å². The van der Waals surface area contributed by atoms with Crippen molar-refractivity contribution in [3.8, 4) is 11.8 Å². The molecule has 0 atom stereocenters. The van der Waals surface area contributed by atoms with Crippen molar-refractivity contribution in [3.05, 3.63) is 102 Å². The summed E-state index contributed by atoms with van der Waals surface area (Å²) in [5.41, 5.74) is 2.76. The van der Waals surface area contributed by atoms with Crippen molar-refractivity contribution in [2.24, 2.45) is 0 Å². The number of nitrogens with one attached hydrogen (secondary N) is 1. The quantitative estimate of drug-likeness (QED) is 0.439. The Labute approximate surface area is 180 Å². The van der Waals surface area contributed by atoms with Crippen LogP contribution in [-0.2, 0) is 20.9 Å². The fourth-order valence-corrected chi connectivity index (χ4v) is 2.63. The molecule has 0 heterocycles. The number of hydrogen-bond acceptors (Lipinski definition) is 5. The molecule has 0 bridgehead atoms. The first kappa shape index (κ1) is 21.3. The molecule has 3 aromatic carbocycles. The van der Waals surface area contributed by atoms with Crippen LogP contribution in [0.5, 0.6) is 5.75 Å². The van der Waals surface area contributed by atoms with E-state index in [-0.39, 0.29) is 0 Å². The summed E-state index contributed by atoms with van der Waals surface area (Å²) in [7, 11) is 0. The summed E-state index contributed by atoms with van der Waals surface area (Å²) >= 11 is 0. The molecule has 0 aliphatic heterocycles. The largest absolute Gasteiger partial charge is 0.489 e. The smallest absolute Gasteiger partial charge is 0.331 e. The predicted octanol–water partition coefficient (Wildman–Crippen LogP) is 4.33. The van der Waals surface area contributed by atoms with Crippen molar-refractivity contribution in [1.29, 1.82) is 5.26 Å². The van der Waals surface area contributed by atoms with Crippen LogP contribution < -0.4 is 10.1 Å². The summed E-state index contributed by atoms with van der Waals surface area (Å²) in [6.07, 6.45) is 2.85. The standard InChI is InChI=1S/C25H20N2O4/c26-16-21-7-4-8-22(15-21)27-24(28)18-31-25(29)14-11-19-9-12-23(13-10-19)30-17-20-5-2-1-3-6-20/h1-15H,17-18H2,(H,27,28)/b14-11+. The van der Waals surface area contributed by atoms with E-state index in [1.165, 1.54) is 12.1 Å². The van der Waals surface area contributed by atoms with Gasteiger partial charge in [0.25, 0.3) is 5.91 Å². The van der Waals surface area contributed by atoms with Gasteiger partial charge in [0.2, 0.25) is 0 Å². The normalized spacial score (nSPS) is 10.3. The fraction of sp³-hybridized carbons (Fsp3) is 0.0800. The van der Waals surface area contributed by atoms with Gasteiger partial charge in [-0.25, -0.2) is 4.79 Å². The van der Waals surface area contributed by atoms with E-state index in [0.29, 0.717) is 17.9 Å². The van der Waals surface area contributed by atoms with Gasteiger partial charge >= 0.3 is 5.97 Å². The third-order valence-corrected chi connectivity index (χ3v) is 4.16. The zero-order valence-electron chi connectivity index (χ0n) is 16.7. The summed E-state index contributed by atoms with van der Waals surface area (Å²) in [6, 6.07) is 25.6. The minimum atomic E-state index is -0.634. The highest BCUT2D eigenvalue weighted by molar-refractivity contribution is 5.94. The van der Waals surface area contributed by atoms with Gasteiger partial charge in [-0.15, -0.1) is 0 Å². The number of ether oxygens (including phenoxy) is 2. The van der Waals surface area contributed by atoms with Crippen LogP contribution in [0.2, 0.25) is 0 Å². The first-order valence-corrected chi connectivity index (χ1v) is 9.54. The molecule has 0 saturated carbocycles. The highest BCUT2D eigenvalue weighted by Gasteiger charge is 2.06. The molecule has 0 aromatic heterocycles. The van der Waals surface area contributed by atoms with E-state index < -0.39 is 18.5 Å². The van der Waals surface area contributed by atoms with Crippen LogP contribution in [0, 0.1) is 11.3 Å². The molecule has 154 valence electrons. The Hall–Kier alpha value is -4.37. The Morgan fingerprint density at radius 1 is 0.968 bits per heavy atom. The van der Waals surface area contributed by atoms with Gasteiger partial charge in [-0.2, -0.15) is 5.26 Å². The van der Waals surface area contributed by atoms with Crippen molar-refractivity contribution in [2.75, 3.05) is 11.9 Å². The maximum Gasteiger partial charge on any atom is 0.331 e. The van der Waals surface area contributed by atoms with E-state index in [0.717, 1.165) is 16.9 Å². The lowest BCUT2D eigenvalue weighted by Gasteiger charge is -2.06. The Balaban J connectivity index is 1.42. The zero-order chi connectivity index (χ0) is 21.9. The van der Waals surface area contributed by atoms with Crippen molar-refractivity contribution < 1.29 is 19.1 Å². The van der Waals surface area contributed by atoms with Crippen LogP contribution in [0.1, 0.15) is 16.7 Å². The van der Waals surface area contributed by atoms with Crippen molar-refractivity contribution in [3.63, 3.8) is 0 Å². The minimum Gasteiger partial charge on any atom is -0.489 e. The monoisotopic (exact) mass is 412 g/mol. The van der Waals surface area contributed by atoms with Crippen LogP contribution >= 0.6 is 0 Å². The topological polar surface area (TPSA) is 88.4 Å². The highest BCUT2D eigenvalue weighted by Crippen LogP contribution is 2.15. The van der Waals surface area contributed by atoms with Crippen molar-refractivity contribution >= 4 is 23.6 Å². The molecule has 0 saturated heterocycles. The van der Waals surface area contributed by atoms with Crippen LogP contribution in [0.25, 0.3) is 6.08 Å². The van der Waals surface area contributed by atoms with Crippen LogP contribution in [0.4, 0.5) is 5.69 Å². The van der Waals surface area contributed by atoms with Gasteiger partial charge in [-0.3, -0.25) is 4.79 Å². The Bertz CT molecular complexity index is 1100. The van der Waals surface area contributed by atoms with E-state index in [9.17, 15) is 9.59 Å². The highest BCUT2D eigenvalue weighted by atomic mass is 16.5. The Morgan fingerprint density at radius 3 is 2.48 bits per heavy atom. The molecule has 3 rings (SSSR count). The second-order valence-corrected chi connectivity index (χ2v) is 6.53. The average molecular weight is 412 g/mol. The molecule has 0 aliphatic carbocycles. The molecule has 3 aromatic rings. The van der Waals surface area contributed by atoms with E-state index >= 15 is 0 Å². The van der Waals surface area contributed by atoms with Crippen LogP contribution in [0.15, 0.2) is 84.9 Å². The third-order valence-electron chi connectivity index (χ3n) is 4.16. The van der Waals surface area contributed by atoms with Crippen LogP contribution in [0.3, 0.4) is 0 Å². The predicted molar refractivity (Wildman–Crippen MR) is 117 cm³/mol. The molecular weight excluding hydrogens is 392 g/mol. The molecule has 1 amide bonds. The molecular formula is C25H20N2O4. The number of benzene rings is 3. The number of nitrogens with zero attached hydrogens (tertiary/aromatic N) is 1. The molecule has 1 N–H and O–H groups in total. The first-order chi connectivity index (χ1) is 15.1. The number of nitriles is 1. The van der Waals surface area contributed by atoms with E-state index in [1.807, 2.05) is 60.7 Å². The Kier molecular flexibility index (Phi) is 7.56. The summed E-state index contributed by atoms with van der Waals surface area (Å²) in [5, 5.41) is 11.4. The summed E-state index contributed by atoms with van der Waals surface area (Å²) in [5.74, 6) is -0.400. The maximum atomic E-state index is 11.9. The molecule has 0 radical (unpaired) electrons. The lowest BCUT2D eigenvalue weighted by molar-refractivity contribution is -0.142. The lowest BCUT2D eigenvalue weighted by atomic mass is 10.2. The van der Waals surface area contributed by atoms with Gasteiger partial charge in [0, 0.05) is 11.8 Å². The number of hydrogen-bond donors (Lipinski definition) is 1. The number of rotatable bonds is 8. The number of carbonyl (C=O) groups excluding carboxylic acids is 2. The fourth-order valence-electron chi connectivity index (χ4n) is 2.63. The molecule has 6 nitrogen and oxygen atoms in total. The molecule has 6 heteroatoms. The van der Waals surface area contributed by atoms with E-state index in [2.05, 4.69) is 5.32 Å². The number of carbonyl (C=O) groups is 2. The number of amides is 1. The maximum absolute atomic E-state index is 11.9. The third kappa shape index (κ3) is 7.18.